The highest BCUT2D eigenvalue weighted by atomic mass is 35.5. The fourth-order valence-corrected chi connectivity index (χ4v) is 2.59. The summed E-state index contributed by atoms with van der Waals surface area (Å²) in [5.74, 6) is 0.486. The van der Waals surface area contributed by atoms with Gasteiger partial charge in [-0.1, -0.05) is 17.7 Å². The van der Waals surface area contributed by atoms with Crippen LogP contribution in [0.4, 0.5) is 0 Å². The van der Waals surface area contributed by atoms with Gasteiger partial charge in [0.2, 0.25) is 0 Å². The molecule has 1 saturated heterocycles. The lowest BCUT2D eigenvalue weighted by molar-refractivity contribution is -0.139. The molecule has 1 atom stereocenters. The summed E-state index contributed by atoms with van der Waals surface area (Å²) >= 11 is 6.10. The molecule has 22 heavy (non-hydrogen) atoms. The van der Waals surface area contributed by atoms with Crippen molar-refractivity contribution in [3.63, 3.8) is 0 Å². The molecule has 1 aromatic rings. The van der Waals surface area contributed by atoms with E-state index in [9.17, 15) is 4.79 Å². The summed E-state index contributed by atoms with van der Waals surface area (Å²) in [5, 5.41) is 9.19. The average Bonchev–Trinajstić information content (AvgIpc) is 2.51. The number of ether oxygens (including phenoxy) is 1. The highest BCUT2D eigenvalue weighted by molar-refractivity contribution is 6.32. The van der Waals surface area contributed by atoms with Gasteiger partial charge in [-0.2, -0.15) is 5.26 Å². The topological polar surface area (TPSA) is 56.6 Å². The minimum Gasteiger partial charge on any atom is -0.479 e. The Balaban J connectivity index is 1.93. The molecule has 6 heteroatoms. The summed E-state index contributed by atoms with van der Waals surface area (Å²) in [6.07, 6.45) is -0.582. The van der Waals surface area contributed by atoms with Gasteiger partial charge in [0.1, 0.15) is 5.75 Å². The van der Waals surface area contributed by atoms with Crippen LogP contribution in [-0.4, -0.2) is 54.5 Å². The number of hydrogen-bond donors (Lipinski definition) is 0. The first-order valence-corrected chi connectivity index (χ1v) is 7.70. The van der Waals surface area contributed by atoms with Crippen molar-refractivity contribution in [2.45, 2.75) is 20.0 Å². The predicted octanol–water partition coefficient (Wildman–Crippen LogP) is 2.08. The summed E-state index contributed by atoms with van der Waals surface area (Å²) in [6, 6.07) is 7.63. The van der Waals surface area contributed by atoms with Crippen molar-refractivity contribution in [3.8, 4) is 11.8 Å². The molecule has 0 N–H and O–H groups in total. The molecule has 5 nitrogen and oxygen atoms in total. The van der Waals surface area contributed by atoms with Crippen molar-refractivity contribution in [2.24, 2.45) is 0 Å². The third-order valence-corrected chi connectivity index (χ3v) is 4.03. The van der Waals surface area contributed by atoms with Crippen LogP contribution < -0.4 is 4.74 Å². The maximum absolute atomic E-state index is 12.4. The van der Waals surface area contributed by atoms with Crippen molar-refractivity contribution < 1.29 is 9.53 Å². The van der Waals surface area contributed by atoms with Crippen molar-refractivity contribution in [1.82, 2.24) is 9.80 Å². The monoisotopic (exact) mass is 321 g/mol. The number of hydrogen-bond acceptors (Lipinski definition) is 4. The van der Waals surface area contributed by atoms with Crippen LogP contribution in [0.3, 0.4) is 0 Å². The molecule has 118 valence electrons. The number of piperazine rings is 1. The first-order valence-electron chi connectivity index (χ1n) is 7.32. The molecule has 0 saturated carbocycles. The number of rotatable bonds is 4. The zero-order valence-electron chi connectivity index (χ0n) is 12.9. The number of nitriles is 1. The van der Waals surface area contributed by atoms with Crippen LogP contribution in [0.15, 0.2) is 18.2 Å². The van der Waals surface area contributed by atoms with Gasteiger partial charge in [0, 0.05) is 26.2 Å². The van der Waals surface area contributed by atoms with Gasteiger partial charge >= 0.3 is 0 Å². The summed E-state index contributed by atoms with van der Waals surface area (Å²) in [5.41, 5.74) is 1.03. The fourth-order valence-electron chi connectivity index (χ4n) is 2.43. The van der Waals surface area contributed by atoms with E-state index in [1.54, 1.807) is 17.9 Å². The van der Waals surface area contributed by atoms with Crippen LogP contribution in [0.5, 0.6) is 5.75 Å². The Bertz CT molecular complexity index is 577. The number of halogens is 1. The fraction of sp³-hybridized carbons (Fsp3) is 0.500. The molecular weight excluding hydrogens is 302 g/mol. The first-order chi connectivity index (χ1) is 10.5. The van der Waals surface area contributed by atoms with Crippen LogP contribution in [0.1, 0.15) is 12.5 Å². The molecule has 0 bridgehead atoms. The second kappa shape index (κ2) is 7.48. The standard InChI is InChI=1S/C16H20ClN3O2/c1-12-3-4-14(17)15(11-12)22-13(2)16(21)20-9-7-19(6-5-18)8-10-20/h3-4,11,13H,6-10H2,1-2H3/t13-/m0/s1. The van der Waals surface area contributed by atoms with Gasteiger partial charge in [-0.15, -0.1) is 0 Å². The second-order valence-corrected chi connectivity index (χ2v) is 5.86. The summed E-state index contributed by atoms with van der Waals surface area (Å²) < 4.78 is 5.73. The van der Waals surface area contributed by atoms with Crippen LogP contribution >= 0.6 is 11.6 Å². The van der Waals surface area contributed by atoms with E-state index in [0.717, 1.165) is 18.7 Å². The highest BCUT2D eigenvalue weighted by Crippen LogP contribution is 2.26. The lowest BCUT2D eigenvalue weighted by Crippen LogP contribution is -2.51. The molecule has 0 radical (unpaired) electrons. The van der Waals surface area contributed by atoms with E-state index >= 15 is 0 Å². The molecule has 0 spiro atoms. The zero-order chi connectivity index (χ0) is 16.1. The number of amides is 1. The third-order valence-electron chi connectivity index (χ3n) is 3.72. The third kappa shape index (κ3) is 4.12. The number of carbonyl (C=O) groups excluding carboxylic acids is 1. The molecule has 1 heterocycles. The van der Waals surface area contributed by atoms with Gasteiger partial charge < -0.3 is 9.64 Å². The van der Waals surface area contributed by atoms with E-state index in [2.05, 4.69) is 6.07 Å². The molecule has 1 aliphatic rings. The predicted molar refractivity (Wildman–Crippen MR) is 84.9 cm³/mol. The Morgan fingerprint density at radius 2 is 2.09 bits per heavy atom. The van der Waals surface area contributed by atoms with Crippen molar-refractivity contribution in [1.29, 1.82) is 5.26 Å². The molecule has 2 rings (SSSR count). The Hall–Kier alpha value is -1.77. The van der Waals surface area contributed by atoms with E-state index in [-0.39, 0.29) is 5.91 Å². The Labute approximate surface area is 136 Å². The number of carbonyl (C=O) groups is 1. The molecule has 1 aliphatic heterocycles. The molecule has 1 amide bonds. The van der Waals surface area contributed by atoms with Crippen LogP contribution in [0.25, 0.3) is 0 Å². The van der Waals surface area contributed by atoms with Crippen molar-refractivity contribution in [2.75, 3.05) is 32.7 Å². The second-order valence-electron chi connectivity index (χ2n) is 5.45. The Kier molecular flexibility index (Phi) is 5.64. The minimum absolute atomic E-state index is 0.0471. The smallest absolute Gasteiger partial charge is 0.263 e. The molecule has 0 aliphatic carbocycles. The van der Waals surface area contributed by atoms with E-state index in [1.807, 2.05) is 24.0 Å². The molecular formula is C16H20ClN3O2. The van der Waals surface area contributed by atoms with Gasteiger partial charge in [-0.3, -0.25) is 9.69 Å². The number of benzene rings is 1. The Morgan fingerprint density at radius 1 is 1.41 bits per heavy atom. The zero-order valence-corrected chi connectivity index (χ0v) is 13.6. The lowest BCUT2D eigenvalue weighted by Gasteiger charge is -2.34. The SMILES string of the molecule is Cc1ccc(Cl)c(O[C@@H](C)C(=O)N2CCN(CC#N)CC2)c1. The van der Waals surface area contributed by atoms with Gasteiger partial charge in [-0.05, 0) is 31.5 Å². The van der Waals surface area contributed by atoms with E-state index < -0.39 is 6.10 Å². The first kappa shape index (κ1) is 16.6. The molecule has 1 fully saturated rings. The lowest BCUT2D eigenvalue weighted by atomic mass is 10.2. The average molecular weight is 322 g/mol. The van der Waals surface area contributed by atoms with Crippen LogP contribution in [0, 0.1) is 18.3 Å². The maximum atomic E-state index is 12.4. The molecule has 1 aromatic carbocycles. The maximum Gasteiger partial charge on any atom is 0.263 e. The van der Waals surface area contributed by atoms with E-state index in [0.29, 0.717) is 30.4 Å². The van der Waals surface area contributed by atoms with Gasteiger partial charge in [0.25, 0.3) is 5.91 Å². The van der Waals surface area contributed by atoms with Crippen LogP contribution in [0.2, 0.25) is 5.02 Å². The molecule has 0 unspecified atom stereocenters. The minimum atomic E-state index is -0.582. The van der Waals surface area contributed by atoms with Crippen molar-refractivity contribution in [3.05, 3.63) is 28.8 Å². The summed E-state index contributed by atoms with van der Waals surface area (Å²) in [6.45, 7) is 6.78. The Morgan fingerprint density at radius 3 is 2.73 bits per heavy atom. The van der Waals surface area contributed by atoms with Crippen molar-refractivity contribution >= 4 is 17.5 Å². The normalized spacial score (nSPS) is 16.9. The largest absolute Gasteiger partial charge is 0.479 e. The van der Waals surface area contributed by atoms with Gasteiger partial charge in [0.15, 0.2) is 6.10 Å². The quantitative estimate of drug-likeness (QED) is 0.797. The highest BCUT2D eigenvalue weighted by Gasteiger charge is 2.26. The summed E-state index contributed by atoms with van der Waals surface area (Å²) in [7, 11) is 0. The van der Waals surface area contributed by atoms with E-state index in [1.165, 1.54) is 0 Å². The van der Waals surface area contributed by atoms with Gasteiger partial charge in [-0.25, -0.2) is 0 Å². The number of nitrogens with zero attached hydrogens (tertiary/aromatic N) is 3. The van der Waals surface area contributed by atoms with E-state index in [4.69, 9.17) is 21.6 Å². The van der Waals surface area contributed by atoms with Gasteiger partial charge in [0.05, 0.1) is 17.6 Å². The molecule has 0 aromatic heterocycles. The van der Waals surface area contributed by atoms with Crippen LogP contribution in [-0.2, 0) is 4.79 Å². The summed E-state index contributed by atoms with van der Waals surface area (Å²) in [4.78, 5) is 16.3. The number of aryl methyl sites for hydroxylation is 1.